The van der Waals surface area contributed by atoms with Gasteiger partial charge in [-0.3, -0.25) is 9.69 Å². The Morgan fingerprint density at radius 2 is 2.10 bits per heavy atom. The first-order chi connectivity index (χ1) is 9.35. The summed E-state index contributed by atoms with van der Waals surface area (Å²) >= 11 is 12.0. The van der Waals surface area contributed by atoms with Crippen LogP contribution in [0.25, 0.3) is 0 Å². The van der Waals surface area contributed by atoms with E-state index >= 15 is 0 Å². The molecule has 0 bridgehead atoms. The predicted octanol–water partition coefficient (Wildman–Crippen LogP) is 3.12. The lowest BCUT2D eigenvalue weighted by Crippen LogP contribution is -2.39. The van der Waals surface area contributed by atoms with Crippen LogP contribution in [-0.4, -0.2) is 30.4 Å². The van der Waals surface area contributed by atoms with Gasteiger partial charge in [0.25, 0.3) is 0 Å². The molecule has 1 aromatic rings. The summed E-state index contributed by atoms with van der Waals surface area (Å²) < 4.78 is 0. The number of terminal acetylenes is 1. The molecule has 20 heavy (non-hydrogen) atoms. The van der Waals surface area contributed by atoms with Gasteiger partial charge in [-0.25, -0.2) is 0 Å². The molecule has 1 aromatic carbocycles. The molecule has 2 unspecified atom stereocenters. The molecule has 1 amide bonds. The quantitative estimate of drug-likeness (QED) is 0.847. The largest absolute Gasteiger partial charge is 0.348 e. The number of nitrogens with zero attached hydrogens (tertiary/aromatic N) is 1. The molecule has 0 spiro atoms. The summed E-state index contributed by atoms with van der Waals surface area (Å²) in [6.45, 7) is 3.98. The van der Waals surface area contributed by atoms with Crippen LogP contribution >= 0.6 is 23.2 Å². The second-order valence-corrected chi connectivity index (χ2v) is 5.56. The van der Waals surface area contributed by atoms with Crippen LogP contribution in [0.3, 0.4) is 0 Å². The number of hydrogen-bond donors (Lipinski definition) is 1. The van der Waals surface area contributed by atoms with E-state index in [4.69, 9.17) is 29.6 Å². The van der Waals surface area contributed by atoms with Crippen LogP contribution in [0.1, 0.15) is 25.5 Å². The van der Waals surface area contributed by atoms with Crippen LogP contribution in [0.5, 0.6) is 0 Å². The van der Waals surface area contributed by atoms with Crippen LogP contribution in [0.15, 0.2) is 18.2 Å². The van der Waals surface area contributed by atoms with E-state index in [2.05, 4.69) is 11.2 Å². The van der Waals surface area contributed by atoms with E-state index in [9.17, 15) is 4.79 Å². The highest BCUT2D eigenvalue weighted by Crippen LogP contribution is 2.25. The van der Waals surface area contributed by atoms with Gasteiger partial charge in [-0.1, -0.05) is 35.2 Å². The van der Waals surface area contributed by atoms with Gasteiger partial charge in [-0.15, -0.1) is 6.42 Å². The Labute approximate surface area is 130 Å². The number of halogens is 2. The summed E-state index contributed by atoms with van der Waals surface area (Å²) in [5, 5.41) is 4.00. The van der Waals surface area contributed by atoms with Gasteiger partial charge < -0.3 is 5.32 Å². The molecule has 1 rings (SSSR count). The lowest BCUT2D eigenvalue weighted by Gasteiger charge is -2.22. The van der Waals surface area contributed by atoms with Gasteiger partial charge in [0.05, 0.1) is 18.6 Å². The molecular formula is C15H18Cl2N2O. The molecule has 108 valence electrons. The van der Waals surface area contributed by atoms with Crippen LogP contribution in [0, 0.1) is 12.3 Å². The number of amides is 1. The minimum absolute atomic E-state index is 0.0878. The summed E-state index contributed by atoms with van der Waals surface area (Å²) in [6, 6.07) is 4.94. The molecule has 2 atom stereocenters. The van der Waals surface area contributed by atoms with Crippen LogP contribution in [-0.2, 0) is 4.79 Å². The summed E-state index contributed by atoms with van der Waals surface area (Å²) in [5.74, 6) is 2.48. The molecule has 0 aromatic heterocycles. The monoisotopic (exact) mass is 312 g/mol. The van der Waals surface area contributed by atoms with Crippen molar-refractivity contribution in [2.24, 2.45) is 0 Å². The van der Waals surface area contributed by atoms with Crippen LogP contribution in [0.2, 0.25) is 10.0 Å². The van der Waals surface area contributed by atoms with Crippen LogP contribution in [0.4, 0.5) is 0 Å². The van der Waals surface area contributed by atoms with E-state index in [-0.39, 0.29) is 24.5 Å². The third kappa shape index (κ3) is 4.72. The maximum Gasteiger partial charge on any atom is 0.234 e. The van der Waals surface area contributed by atoms with E-state index in [1.807, 2.05) is 27.0 Å². The van der Waals surface area contributed by atoms with Crippen molar-refractivity contribution in [1.82, 2.24) is 10.2 Å². The van der Waals surface area contributed by atoms with Crippen LogP contribution < -0.4 is 5.32 Å². The molecule has 0 aliphatic rings. The first kappa shape index (κ1) is 16.8. The molecule has 0 aliphatic carbocycles. The molecule has 0 radical (unpaired) electrons. The van der Waals surface area contributed by atoms with Gasteiger partial charge in [0.1, 0.15) is 0 Å². The minimum Gasteiger partial charge on any atom is -0.348 e. The summed E-state index contributed by atoms with van der Waals surface area (Å²) in [5.41, 5.74) is 0.831. The lowest BCUT2D eigenvalue weighted by molar-refractivity contribution is -0.122. The number of likely N-dealkylation sites (N-methyl/N-ethyl adjacent to an activating group) is 1. The zero-order valence-electron chi connectivity index (χ0n) is 11.8. The molecule has 0 heterocycles. The molecule has 0 saturated carbocycles. The fourth-order valence-corrected chi connectivity index (χ4v) is 2.28. The van der Waals surface area contributed by atoms with E-state index in [0.29, 0.717) is 10.0 Å². The van der Waals surface area contributed by atoms with Gasteiger partial charge in [-0.05, 0) is 38.6 Å². The fourth-order valence-electron chi connectivity index (χ4n) is 1.71. The Balaban J connectivity index is 2.64. The van der Waals surface area contributed by atoms with Crippen molar-refractivity contribution < 1.29 is 4.79 Å². The maximum absolute atomic E-state index is 11.9. The molecular weight excluding hydrogens is 295 g/mol. The van der Waals surface area contributed by atoms with Crippen molar-refractivity contribution in [2.45, 2.75) is 25.9 Å². The summed E-state index contributed by atoms with van der Waals surface area (Å²) in [4.78, 5) is 13.7. The number of rotatable bonds is 5. The third-order valence-corrected chi connectivity index (χ3v) is 3.66. The average Bonchev–Trinajstić information content (AvgIpc) is 2.37. The van der Waals surface area contributed by atoms with Gasteiger partial charge >= 0.3 is 0 Å². The SMILES string of the molecule is C#CC(C)N(C)CC(=O)NC(C)c1ccc(Cl)cc1Cl. The van der Waals surface area contributed by atoms with Crippen molar-refractivity contribution in [3.63, 3.8) is 0 Å². The number of benzene rings is 1. The zero-order chi connectivity index (χ0) is 15.3. The standard InChI is InChI=1S/C15H18Cl2N2O/c1-5-10(2)19(4)9-15(20)18-11(3)13-7-6-12(16)8-14(13)17/h1,6-8,10-11H,9H2,2-4H3,(H,18,20). The average molecular weight is 313 g/mol. The minimum atomic E-state index is -0.193. The first-order valence-corrected chi connectivity index (χ1v) is 7.01. The van der Waals surface area contributed by atoms with E-state index < -0.39 is 0 Å². The van der Waals surface area contributed by atoms with Crippen molar-refractivity contribution >= 4 is 29.1 Å². The molecule has 0 fully saturated rings. The molecule has 1 N–H and O–H groups in total. The molecule has 0 aliphatic heterocycles. The highest BCUT2D eigenvalue weighted by atomic mass is 35.5. The maximum atomic E-state index is 11.9. The van der Waals surface area contributed by atoms with E-state index in [1.54, 1.807) is 17.0 Å². The van der Waals surface area contributed by atoms with Gasteiger partial charge in [0.15, 0.2) is 0 Å². The van der Waals surface area contributed by atoms with Gasteiger partial charge in [0, 0.05) is 10.0 Å². The zero-order valence-corrected chi connectivity index (χ0v) is 13.3. The van der Waals surface area contributed by atoms with Crippen molar-refractivity contribution in [3.05, 3.63) is 33.8 Å². The lowest BCUT2D eigenvalue weighted by atomic mass is 10.1. The Hall–Kier alpha value is -1.21. The van der Waals surface area contributed by atoms with Crippen molar-refractivity contribution in [1.29, 1.82) is 0 Å². The van der Waals surface area contributed by atoms with E-state index in [1.165, 1.54) is 0 Å². The Morgan fingerprint density at radius 1 is 1.45 bits per heavy atom. The Kier molecular flexibility index (Phi) is 6.35. The van der Waals surface area contributed by atoms with Gasteiger partial charge in [0.2, 0.25) is 5.91 Å². The Bertz CT molecular complexity index is 525. The van der Waals surface area contributed by atoms with Crippen molar-refractivity contribution in [2.75, 3.05) is 13.6 Å². The van der Waals surface area contributed by atoms with E-state index in [0.717, 1.165) is 5.56 Å². The molecule has 0 saturated heterocycles. The summed E-state index contributed by atoms with van der Waals surface area (Å²) in [7, 11) is 1.81. The summed E-state index contributed by atoms with van der Waals surface area (Å²) in [6.07, 6.45) is 5.32. The normalized spacial score (nSPS) is 13.7. The second kappa shape index (κ2) is 7.54. The predicted molar refractivity (Wildman–Crippen MR) is 83.9 cm³/mol. The second-order valence-electron chi connectivity index (χ2n) is 4.71. The fraction of sp³-hybridized carbons (Fsp3) is 0.400. The topological polar surface area (TPSA) is 32.3 Å². The highest BCUT2D eigenvalue weighted by molar-refractivity contribution is 6.35. The van der Waals surface area contributed by atoms with Crippen molar-refractivity contribution in [3.8, 4) is 12.3 Å². The van der Waals surface area contributed by atoms with Gasteiger partial charge in [-0.2, -0.15) is 0 Å². The third-order valence-electron chi connectivity index (χ3n) is 3.10. The number of carbonyl (C=O) groups is 1. The first-order valence-electron chi connectivity index (χ1n) is 6.25. The molecule has 3 nitrogen and oxygen atoms in total. The highest BCUT2D eigenvalue weighted by Gasteiger charge is 2.15. The number of hydrogen-bond acceptors (Lipinski definition) is 2. The molecule has 5 heteroatoms. The Morgan fingerprint density at radius 3 is 2.65 bits per heavy atom. The smallest absolute Gasteiger partial charge is 0.234 e. The number of carbonyl (C=O) groups excluding carboxylic acids is 1. The number of nitrogens with one attached hydrogen (secondary N) is 1.